The smallest absolute Gasteiger partial charge is 0.151 e. The van der Waals surface area contributed by atoms with Gasteiger partial charge in [-0.1, -0.05) is 0 Å². The largest absolute Gasteiger partial charge is 0.507 e. The molecule has 2 bridgehead atoms. The zero-order chi connectivity index (χ0) is 20.2. The minimum absolute atomic E-state index is 0.113. The first kappa shape index (κ1) is 18.1. The van der Waals surface area contributed by atoms with Crippen molar-refractivity contribution in [3.05, 3.63) is 49.1 Å². The third kappa shape index (κ3) is 2.86. The molecule has 1 saturated heterocycles. The third-order valence-corrected chi connectivity index (χ3v) is 6.36. The molecule has 4 atom stereocenters. The first-order valence-electron chi connectivity index (χ1n) is 9.74. The van der Waals surface area contributed by atoms with E-state index in [1.165, 1.54) is 0 Å². The second-order valence-corrected chi connectivity index (χ2v) is 8.21. The van der Waals surface area contributed by atoms with Gasteiger partial charge in [-0.25, -0.2) is 9.37 Å². The maximum absolute atomic E-state index is 15.0. The van der Waals surface area contributed by atoms with Crippen LogP contribution in [0, 0.1) is 5.92 Å². The van der Waals surface area contributed by atoms with Crippen molar-refractivity contribution in [1.82, 2.24) is 25.1 Å². The molecule has 0 radical (unpaired) electrons. The summed E-state index contributed by atoms with van der Waals surface area (Å²) in [5.41, 5.74) is 1.52. The summed E-state index contributed by atoms with van der Waals surface area (Å²) >= 11 is 0. The molecule has 1 aliphatic carbocycles. The highest BCUT2D eigenvalue weighted by atomic mass is 19.1. The zero-order valence-corrected chi connectivity index (χ0v) is 16.3. The van der Waals surface area contributed by atoms with Crippen molar-refractivity contribution in [2.75, 3.05) is 18.5 Å². The number of halogens is 1. The molecule has 0 spiro atoms. The van der Waals surface area contributed by atoms with Crippen LogP contribution >= 0.6 is 0 Å². The van der Waals surface area contributed by atoms with E-state index in [9.17, 15) is 9.50 Å². The number of hydrogen-bond acceptors (Lipinski definition) is 6. The van der Waals surface area contributed by atoms with Crippen LogP contribution < -0.4 is 10.2 Å². The van der Waals surface area contributed by atoms with Gasteiger partial charge >= 0.3 is 0 Å². The van der Waals surface area contributed by atoms with Gasteiger partial charge in [-0.15, -0.1) is 10.2 Å². The van der Waals surface area contributed by atoms with Gasteiger partial charge in [0.25, 0.3) is 0 Å². The summed E-state index contributed by atoms with van der Waals surface area (Å²) in [4.78, 5) is 5.92. The molecule has 2 aromatic heterocycles. The minimum atomic E-state index is -0.951. The van der Waals surface area contributed by atoms with E-state index in [0.717, 1.165) is 18.7 Å². The number of nitrogens with one attached hydrogen (secondary N) is 1. The van der Waals surface area contributed by atoms with Crippen molar-refractivity contribution in [2.45, 2.75) is 31.1 Å². The molecule has 8 heteroatoms. The van der Waals surface area contributed by atoms with Crippen molar-refractivity contribution in [1.29, 1.82) is 0 Å². The number of hydrogen-bond donors (Lipinski definition) is 2. The van der Waals surface area contributed by atoms with Crippen LogP contribution in [0.15, 0.2) is 49.1 Å². The van der Waals surface area contributed by atoms with E-state index in [0.29, 0.717) is 17.1 Å². The van der Waals surface area contributed by atoms with E-state index < -0.39 is 11.7 Å². The summed E-state index contributed by atoms with van der Waals surface area (Å²) in [6, 6.07) is 8.79. The third-order valence-electron chi connectivity index (χ3n) is 6.36. The molecule has 2 N–H and O–H groups in total. The van der Waals surface area contributed by atoms with Gasteiger partial charge in [0.2, 0.25) is 0 Å². The number of anilines is 1. The summed E-state index contributed by atoms with van der Waals surface area (Å²) in [6.45, 7) is 2.78. The number of rotatable bonds is 4. The predicted molar refractivity (Wildman–Crippen MR) is 108 cm³/mol. The van der Waals surface area contributed by atoms with E-state index in [-0.39, 0.29) is 17.7 Å². The highest BCUT2D eigenvalue weighted by Gasteiger charge is 2.57. The van der Waals surface area contributed by atoms with Crippen LogP contribution in [-0.2, 0) is 0 Å². The molecule has 2 aliphatic rings. The fourth-order valence-electron chi connectivity index (χ4n) is 4.75. The van der Waals surface area contributed by atoms with Crippen LogP contribution in [0.1, 0.15) is 13.3 Å². The first-order valence-corrected chi connectivity index (χ1v) is 9.74. The zero-order valence-electron chi connectivity index (χ0n) is 16.3. The molecule has 1 aromatic carbocycles. The molecule has 0 unspecified atom stereocenters. The molecule has 3 heterocycles. The lowest BCUT2D eigenvalue weighted by Gasteiger charge is -2.37. The van der Waals surface area contributed by atoms with Crippen molar-refractivity contribution >= 4 is 5.82 Å². The number of imidazole rings is 1. The Hall–Kier alpha value is -3.00. The normalized spacial score (nSPS) is 28.0. The SMILES string of the molecule is CN(c1ccc(-c2ccc(-n3ccnc3)cc2O)nn1)[C@@H]1[C@H]2CN[C@](C)(C2)[C@H]1F. The van der Waals surface area contributed by atoms with E-state index in [1.54, 1.807) is 24.7 Å². The summed E-state index contributed by atoms with van der Waals surface area (Å²) in [6.07, 6.45) is 5.05. The van der Waals surface area contributed by atoms with E-state index >= 15 is 0 Å². The Bertz CT molecular complexity index is 1020. The number of phenols is 1. The van der Waals surface area contributed by atoms with Gasteiger partial charge in [0.1, 0.15) is 11.9 Å². The molecule has 29 heavy (non-hydrogen) atoms. The number of fused-ring (bicyclic) bond motifs is 2. The maximum Gasteiger partial charge on any atom is 0.151 e. The van der Waals surface area contributed by atoms with Gasteiger partial charge in [0, 0.05) is 43.2 Å². The number of benzene rings is 1. The van der Waals surface area contributed by atoms with Crippen LogP contribution in [0.3, 0.4) is 0 Å². The molecule has 0 amide bonds. The second-order valence-electron chi connectivity index (χ2n) is 8.21. The number of nitrogens with zero attached hydrogens (tertiary/aromatic N) is 5. The molecule has 7 nitrogen and oxygen atoms in total. The van der Waals surface area contributed by atoms with Gasteiger partial charge in [-0.3, -0.25) is 0 Å². The topological polar surface area (TPSA) is 79.1 Å². The van der Waals surface area contributed by atoms with Crippen LogP contribution in [-0.4, -0.2) is 56.2 Å². The number of phenolic OH excluding ortho intramolecular Hbond substituents is 1. The standard InChI is InChI=1S/C21H23FN6O/c1-21-10-13(11-24-21)19(20(21)22)27(2)18-6-5-16(25-26-18)15-4-3-14(9-17(15)29)28-8-7-23-12-28/h3-9,12-13,19-20,24,29H,10-11H2,1-2H3/t13-,19-,20+,21-/m1/s1. The van der Waals surface area contributed by atoms with Crippen molar-refractivity contribution in [2.24, 2.45) is 5.92 Å². The Morgan fingerprint density at radius 3 is 2.76 bits per heavy atom. The van der Waals surface area contributed by atoms with Gasteiger partial charge < -0.3 is 19.9 Å². The van der Waals surface area contributed by atoms with Crippen LogP contribution in [0.2, 0.25) is 0 Å². The number of aromatic hydroxyl groups is 1. The molecular weight excluding hydrogens is 371 g/mol. The van der Waals surface area contributed by atoms with Gasteiger partial charge in [-0.05, 0) is 43.5 Å². The lowest BCUT2D eigenvalue weighted by atomic mass is 9.96. The molecular formula is C21H23FN6O. The summed E-state index contributed by atoms with van der Waals surface area (Å²) in [7, 11) is 1.88. The lowest BCUT2D eigenvalue weighted by Crippen LogP contribution is -2.56. The van der Waals surface area contributed by atoms with Crippen LogP contribution in [0.5, 0.6) is 5.75 Å². The summed E-state index contributed by atoms with van der Waals surface area (Å²) in [5.74, 6) is 1.01. The van der Waals surface area contributed by atoms with E-state index in [4.69, 9.17) is 0 Å². The summed E-state index contributed by atoms with van der Waals surface area (Å²) < 4.78 is 16.8. The van der Waals surface area contributed by atoms with Crippen LogP contribution in [0.25, 0.3) is 16.9 Å². The molecule has 3 aromatic rings. The van der Waals surface area contributed by atoms with Gasteiger partial charge in [0.15, 0.2) is 5.82 Å². The quantitative estimate of drug-likeness (QED) is 0.708. The Balaban J connectivity index is 1.38. The average molecular weight is 394 g/mol. The highest BCUT2D eigenvalue weighted by molar-refractivity contribution is 5.69. The van der Waals surface area contributed by atoms with Crippen molar-refractivity contribution < 1.29 is 9.50 Å². The average Bonchev–Trinajstić information content (AvgIpc) is 3.43. The van der Waals surface area contributed by atoms with Crippen molar-refractivity contribution in [3.63, 3.8) is 0 Å². The second kappa shape index (κ2) is 6.52. The van der Waals surface area contributed by atoms with Gasteiger partial charge in [-0.2, -0.15) is 0 Å². The number of alkyl halides is 1. The Kier molecular flexibility index (Phi) is 4.06. The predicted octanol–water partition coefficient (Wildman–Crippen LogP) is 2.56. The Morgan fingerprint density at radius 1 is 1.28 bits per heavy atom. The number of piperidine rings is 1. The summed E-state index contributed by atoms with van der Waals surface area (Å²) in [5, 5.41) is 22.4. The fourth-order valence-corrected chi connectivity index (χ4v) is 4.75. The van der Waals surface area contributed by atoms with E-state index in [2.05, 4.69) is 20.5 Å². The first-order chi connectivity index (χ1) is 14.0. The monoisotopic (exact) mass is 394 g/mol. The maximum atomic E-state index is 15.0. The minimum Gasteiger partial charge on any atom is -0.507 e. The fraction of sp³-hybridized carbons (Fsp3) is 0.381. The Labute approximate surface area is 168 Å². The van der Waals surface area contributed by atoms with Gasteiger partial charge in [0.05, 0.1) is 23.8 Å². The number of aromatic nitrogens is 4. The molecule has 2 fully saturated rings. The molecule has 5 rings (SSSR count). The highest BCUT2D eigenvalue weighted by Crippen LogP contribution is 2.44. The molecule has 1 aliphatic heterocycles. The Morgan fingerprint density at radius 2 is 2.14 bits per heavy atom. The van der Waals surface area contributed by atoms with Crippen molar-refractivity contribution in [3.8, 4) is 22.7 Å². The van der Waals surface area contributed by atoms with Crippen LogP contribution in [0.4, 0.5) is 10.2 Å². The lowest BCUT2D eigenvalue weighted by molar-refractivity contribution is 0.163. The molecule has 150 valence electrons. The molecule has 1 saturated carbocycles. The van der Waals surface area contributed by atoms with E-state index in [1.807, 2.05) is 47.8 Å².